The molecule has 0 bridgehead atoms. The Morgan fingerprint density at radius 1 is 1.09 bits per heavy atom. The number of carbonyl (C=O) groups is 2. The number of nitrogens with one attached hydrogen (secondary N) is 1. The predicted molar refractivity (Wildman–Crippen MR) is 122 cm³/mol. The number of rotatable bonds is 6. The molecule has 1 aliphatic rings. The summed E-state index contributed by atoms with van der Waals surface area (Å²) in [7, 11) is 0. The standard InChI is InChI=1S/C24H21F4N3O3S/c25-17-7-5-15(6-8-17)13-21(32)31-11-9-16(10-12-31)23-30-19(14-35-23)22(33)29-18-3-1-2-4-20(18)34-24(26,27)28/h1-8,14,16H,9-13H2,(H,29,33). The molecular formula is C24H21F4N3O3S. The second-order valence-corrected chi connectivity index (χ2v) is 8.92. The van der Waals surface area contributed by atoms with Crippen LogP contribution < -0.4 is 10.1 Å². The van der Waals surface area contributed by atoms with Crippen LogP contribution in [-0.2, 0) is 11.2 Å². The van der Waals surface area contributed by atoms with Gasteiger partial charge in [-0.15, -0.1) is 24.5 Å². The number of halogens is 4. The SMILES string of the molecule is O=C(Nc1ccccc1OC(F)(F)F)c1csc(C2CCN(C(=O)Cc3ccc(F)cc3)CC2)n1. The van der Waals surface area contributed by atoms with E-state index in [0.717, 1.165) is 16.6 Å². The van der Waals surface area contributed by atoms with Gasteiger partial charge < -0.3 is 15.0 Å². The van der Waals surface area contributed by atoms with Crippen LogP contribution in [0.5, 0.6) is 5.75 Å². The fraction of sp³-hybridized carbons (Fsp3) is 0.292. The number of amides is 2. The molecule has 2 amide bonds. The molecule has 1 aromatic heterocycles. The number of likely N-dealkylation sites (tertiary alicyclic amines) is 1. The Hall–Kier alpha value is -3.47. The van der Waals surface area contributed by atoms with E-state index in [1.165, 1.54) is 41.7 Å². The van der Waals surface area contributed by atoms with E-state index in [1.807, 2.05) is 0 Å². The quantitative estimate of drug-likeness (QED) is 0.455. The number of anilines is 1. The summed E-state index contributed by atoms with van der Waals surface area (Å²) in [4.78, 5) is 31.3. The number of thiazole rings is 1. The number of para-hydroxylation sites is 2. The van der Waals surface area contributed by atoms with Gasteiger partial charge in [-0.1, -0.05) is 24.3 Å². The number of hydrogen-bond acceptors (Lipinski definition) is 5. The molecule has 1 aliphatic heterocycles. The molecule has 3 aromatic rings. The maximum absolute atomic E-state index is 13.0. The molecule has 0 unspecified atom stereocenters. The molecule has 0 atom stereocenters. The van der Waals surface area contributed by atoms with E-state index in [-0.39, 0.29) is 35.4 Å². The maximum Gasteiger partial charge on any atom is 0.573 e. The fourth-order valence-electron chi connectivity index (χ4n) is 3.81. The average Bonchev–Trinajstić information content (AvgIpc) is 3.32. The summed E-state index contributed by atoms with van der Waals surface area (Å²) >= 11 is 1.30. The van der Waals surface area contributed by atoms with Gasteiger partial charge in [0, 0.05) is 24.4 Å². The fourth-order valence-corrected chi connectivity index (χ4v) is 4.79. The van der Waals surface area contributed by atoms with Crippen LogP contribution in [0.3, 0.4) is 0 Å². The Balaban J connectivity index is 1.33. The van der Waals surface area contributed by atoms with E-state index < -0.39 is 18.0 Å². The molecular weight excluding hydrogens is 486 g/mol. The van der Waals surface area contributed by atoms with Crippen molar-refractivity contribution in [3.63, 3.8) is 0 Å². The lowest BCUT2D eigenvalue weighted by molar-refractivity contribution is -0.274. The number of carbonyl (C=O) groups excluding carboxylic acids is 2. The summed E-state index contributed by atoms with van der Waals surface area (Å²) < 4.78 is 54.8. The molecule has 4 rings (SSSR count). The molecule has 11 heteroatoms. The van der Waals surface area contributed by atoms with Gasteiger partial charge in [-0.2, -0.15) is 0 Å². The van der Waals surface area contributed by atoms with Crippen LogP contribution in [0.1, 0.15) is 39.8 Å². The van der Waals surface area contributed by atoms with Crippen molar-refractivity contribution in [1.82, 2.24) is 9.88 Å². The summed E-state index contributed by atoms with van der Waals surface area (Å²) in [5, 5.41) is 4.71. The summed E-state index contributed by atoms with van der Waals surface area (Å²) in [5.74, 6) is -1.47. The van der Waals surface area contributed by atoms with Gasteiger partial charge in [0.1, 0.15) is 11.5 Å². The molecule has 0 radical (unpaired) electrons. The number of hydrogen-bond donors (Lipinski definition) is 1. The van der Waals surface area contributed by atoms with Gasteiger partial charge in [0.05, 0.1) is 17.1 Å². The van der Waals surface area contributed by atoms with Crippen molar-refractivity contribution >= 4 is 28.8 Å². The van der Waals surface area contributed by atoms with Crippen LogP contribution >= 0.6 is 11.3 Å². The van der Waals surface area contributed by atoms with Crippen molar-refractivity contribution in [2.45, 2.75) is 31.5 Å². The van der Waals surface area contributed by atoms with Crippen molar-refractivity contribution in [3.8, 4) is 5.75 Å². The van der Waals surface area contributed by atoms with E-state index in [4.69, 9.17) is 0 Å². The van der Waals surface area contributed by atoms with E-state index in [9.17, 15) is 27.2 Å². The van der Waals surface area contributed by atoms with Crippen LogP contribution in [0.25, 0.3) is 0 Å². The molecule has 0 spiro atoms. The van der Waals surface area contributed by atoms with Gasteiger partial charge in [-0.3, -0.25) is 9.59 Å². The Labute approximate surface area is 202 Å². The first-order valence-corrected chi connectivity index (χ1v) is 11.7. The van der Waals surface area contributed by atoms with Gasteiger partial charge >= 0.3 is 6.36 Å². The summed E-state index contributed by atoms with van der Waals surface area (Å²) in [5.41, 5.74) is 0.732. The smallest absolute Gasteiger partial charge is 0.404 e. The number of ether oxygens (including phenoxy) is 1. The Morgan fingerprint density at radius 3 is 2.46 bits per heavy atom. The average molecular weight is 508 g/mol. The second kappa shape index (κ2) is 10.4. The zero-order valence-corrected chi connectivity index (χ0v) is 19.2. The molecule has 184 valence electrons. The van der Waals surface area contributed by atoms with Crippen molar-refractivity contribution < 1.29 is 31.9 Å². The van der Waals surface area contributed by atoms with Gasteiger partial charge in [0.2, 0.25) is 5.91 Å². The van der Waals surface area contributed by atoms with Crippen molar-refractivity contribution in [3.05, 3.63) is 76.0 Å². The van der Waals surface area contributed by atoms with Gasteiger partial charge in [-0.25, -0.2) is 9.37 Å². The van der Waals surface area contributed by atoms with E-state index >= 15 is 0 Å². The summed E-state index contributed by atoms with van der Waals surface area (Å²) in [6, 6.07) is 11.1. The largest absolute Gasteiger partial charge is 0.573 e. The van der Waals surface area contributed by atoms with Crippen LogP contribution in [0.2, 0.25) is 0 Å². The monoisotopic (exact) mass is 507 g/mol. The highest BCUT2D eigenvalue weighted by atomic mass is 32.1. The maximum atomic E-state index is 13.0. The third-order valence-corrected chi connectivity index (χ3v) is 6.59. The first-order valence-electron chi connectivity index (χ1n) is 10.8. The summed E-state index contributed by atoms with van der Waals surface area (Å²) in [6.45, 7) is 1.07. The minimum absolute atomic E-state index is 0.0333. The van der Waals surface area contributed by atoms with Gasteiger partial charge in [0.25, 0.3) is 5.91 Å². The molecule has 1 N–H and O–H groups in total. The third kappa shape index (κ3) is 6.56. The van der Waals surface area contributed by atoms with E-state index in [2.05, 4.69) is 15.0 Å². The zero-order valence-electron chi connectivity index (χ0n) is 18.3. The van der Waals surface area contributed by atoms with Crippen LogP contribution in [0.15, 0.2) is 53.9 Å². The van der Waals surface area contributed by atoms with Gasteiger partial charge in [-0.05, 0) is 42.7 Å². The molecule has 2 heterocycles. The molecule has 35 heavy (non-hydrogen) atoms. The minimum Gasteiger partial charge on any atom is -0.404 e. The molecule has 2 aromatic carbocycles. The van der Waals surface area contributed by atoms with E-state index in [1.54, 1.807) is 22.4 Å². The molecule has 0 saturated carbocycles. The number of aromatic nitrogens is 1. The lowest BCUT2D eigenvalue weighted by Gasteiger charge is -2.31. The molecule has 1 saturated heterocycles. The Kier molecular flexibility index (Phi) is 7.34. The number of nitrogens with zero attached hydrogens (tertiary/aromatic N) is 2. The predicted octanol–water partition coefficient (Wildman–Crippen LogP) is 5.38. The first-order chi connectivity index (χ1) is 16.7. The second-order valence-electron chi connectivity index (χ2n) is 8.03. The molecule has 6 nitrogen and oxygen atoms in total. The highest BCUT2D eigenvalue weighted by Gasteiger charge is 2.32. The van der Waals surface area contributed by atoms with Crippen LogP contribution in [0.4, 0.5) is 23.2 Å². The highest BCUT2D eigenvalue weighted by molar-refractivity contribution is 7.10. The van der Waals surface area contributed by atoms with Crippen LogP contribution in [0, 0.1) is 5.82 Å². The lowest BCUT2D eigenvalue weighted by Crippen LogP contribution is -2.38. The Morgan fingerprint density at radius 2 is 1.77 bits per heavy atom. The number of benzene rings is 2. The highest BCUT2D eigenvalue weighted by Crippen LogP contribution is 2.32. The summed E-state index contributed by atoms with van der Waals surface area (Å²) in [6.07, 6.45) is -3.34. The van der Waals surface area contributed by atoms with Crippen molar-refractivity contribution in [1.29, 1.82) is 0 Å². The van der Waals surface area contributed by atoms with Crippen molar-refractivity contribution in [2.24, 2.45) is 0 Å². The molecule has 0 aliphatic carbocycles. The zero-order chi connectivity index (χ0) is 25.0. The first kappa shape index (κ1) is 24.6. The lowest BCUT2D eigenvalue weighted by atomic mass is 9.97. The Bertz CT molecular complexity index is 1190. The topological polar surface area (TPSA) is 71.5 Å². The van der Waals surface area contributed by atoms with Crippen molar-refractivity contribution in [2.75, 3.05) is 18.4 Å². The third-order valence-electron chi connectivity index (χ3n) is 5.58. The number of alkyl halides is 3. The van der Waals surface area contributed by atoms with E-state index in [0.29, 0.717) is 25.9 Å². The van der Waals surface area contributed by atoms with Gasteiger partial charge in [0.15, 0.2) is 5.75 Å². The number of piperidine rings is 1. The molecule has 1 fully saturated rings. The minimum atomic E-state index is -4.89. The normalized spacial score (nSPS) is 14.6. The van der Waals surface area contributed by atoms with Crippen LogP contribution in [-0.4, -0.2) is 41.2 Å².